The van der Waals surface area contributed by atoms with E-state index in [2.05, 4.69) is 10.1 Å². The molecule has 2 aromatic carbocycles. The normalized spacial score (nSPS) is 12.1. The van der Waals surface area contributed by atoms with E-state index in [1.807, 2.05) is 32.0 Å². The van der Waals surface area contributed by atoms with Crippen molar-refractivity contribution in [3.63, 3.8) is 0 Å². The van der Waals surface area contributed by atoms with Crippen molar-refractivity contribution in [1.82, 2.24) is 0 Å². The Morgan fingerprint density at radius 3 is 2.50 bits per heavy atom. The molecule has 0 aliphatic carbocycles. The summed E-state index contributed by atoms with van der Waals surface area (Å²) >= 11 is 1.41. The van der Waals surface area contributed by atoms with Crippen molar-refractivity contribution in [3.05, 3.63) is 53.6 Å². The maximum absolute atomic E-state index is 12.4. The number of nitrogens with one attached hydrogen (secondary N) is 1. The van der Waals surface area contributed by atoms with Crippen molar-refractivity contribution >= 4 is 23.4 Å². The third-order valence-corrected chi connectivity index (χ3v) is 4.62. The molecule has 0 radical (unpaired) electrons. The SMILES string of the molecule is Cc1ccc(S[C@@H](C)C(=O)Nc2ccccc2OC(F)F)cc1C. The molecule has 1 atom stereocenters. The van der Waals surface area contributed by atoms with Gasteiger partial charge in [-0.1, -0.05) is 18.2 Å². The number of amides is 1. The highest BCUT2D eigenvalue weighted by molar-refractivity contribution is 8.00. The van der Waals surface area contributed by atoms with E-state index in [0.29, 0.717) is 0 Å². The van der Waals surface area contributed by atoms with Crippen LogP contribution in [0, 0.1) is 13.8 Å². The summed E-state index contributed by atoms with van der Waals surface area (Å²) in [4.78, 5) is 13.3. The van der Waals surface area contributed by atoms with Crippen LogP contribution < -0.4 is 10.1 Å². The molecule has 0 spiro atoms. The Bertz CT molecular complexity index is 722. The third-order valence-electron chi connectivity index (χ3n) is 3.52. The summed E-state index contributed by atoms with van der Waals surface area (Å²) in [5.74, 6) is -0.326. The summed E-state index contributed by atoms with van der Waals surface area (Å²) in [6.07, 6.45) is 0. The molecule has 0 fully saturated rings. The van der Waals surface area contributed by atoms with Crippen LogP contribution in [-0.4, -0.2) is 17.8 Å². The second kappa shape index (κ2) is 8.15. The molecule has 0 saturated heterocycles. The van der Waals surface area contributed by atoms with Gasteiger partial charge in [-0.05, 0) is 56.2 Å². The lowest BCUT2D eigenvalue weighted by Crippen LogP contribution is -2.23. The van der Waals surface area contributed by atoms with Gasteiger partial charge in [-0.15, -0.1) is 11.8 Å². The highest BCUT2D eigenvalue weighted by Gasteiger charge is 2.17. The zero-order chi connectivity index (χ0) is 17.7. The summed E-state index contributed by atoms with van der Waals surface area (Å²) in [5.41, 5.74) is 2.58. The smallest absolute Gasteiger partial charge is 0.387 e. The lowest BCUT2D eigenvalue weighted by molar-refractivity contribution is -0.115. The Morgan fingerprint density at radius 1 is 1.12 bits per heavy atom. The Morgan fingerprint density at radius 2 is 1.83 bits per heavy atom. The molecule has 0 bridgehead atoms. The van der Waals surface area contributed by atoms with Gasteiger partial charge in [0.25, 0.3) is 0 Å². The molecular weight excluding hydrogens is 332 g/mol. The lowest BCUT2D eigenvalue weighted by atomic mass is 10.1. The number of halogens is 2. The maximum Gasteiger partial charge on any atom is 0.387 e. The van der Waals surface area contributed by atoms with E-state index in [-0.39, 0.29) is 22.6 Å². The van der Waals surface area contributed by atoms with Gasteiger partial charge in [0.15, 0.2) is 0 Å². The van der Waals surface area contributed by atoms with Gasteiger partial charge in [-0.2, -0.15) is 8.78 Å². The summed E-state index contributed by atoms with van der Waals surface area (Å²) in [6, 6.07) is 12.1. The summed E-state index contributed by atoms with van der Waals surface area (Å²) in [7, 11) is 0. The quantitative estimate of drug-likeness (QED) is 0.742. The molecule has 0 heterocycles. The molecule has 0 saturated carbocycles. The van der Waals surface area contributed by atoms with Crippen LogP contribution in [0.2, 0.25) is 0 Å². The van der Waals surface area contributed by atoms with Crippen LogP contribution in [0.4, 0.5) is 14.5 Å². The van der Waals surface area contributed by atoms with E-state index in [1.165, 1.54) is 29.5 Å². The van der Waals surface area contributed by atoms with Gasteiger partial charge in [0, 0.05) is 4.90 Å². The zero-order valence-electron chi connectivity index (χ0n) is 13.7. The van der Waals surface area contributed by atoms with E-state index in [4.69, 9.17) is 0 Å². The maximum atomic E-state index is 12.4. The number of benzene rings is 2. The zero-order valence-corrected chi connectivity index (χ0v) is 14.5. The van der Waals surface area contributed by atoms with Crippen molar-refractivity contribution in [2.75, 3.05) is 5.32 Å². The van der Waals surface area contributed by atoms with Crippen molar-refractivity contribution < 1.29 is 18.3 Å². The van der Waals surface area contributed by atoms with Crippen molar-refractivity contribution in [1.29, 1.82) is 0 Å². The van der Waals surface area contributed by atoms with E-state index >= 15 is 0 Å². The number of thioether (sulfide) groups is 1. The number of ether oxygens (including phenoxy) is 1. The van der Waals surface area contributed by atoms with Crippen LogP contribution in [0.25, 0.3) is 0 Å². The fourth-order valence-electron chi connectivity index (χ4n) is 2.05. The predicted molar refractivity (Wildman–Crippen MR) is 92.9 cm³/mol. The number of anilines is 1. The first-order valence-electron chi connectivity index (χ1n) is 7.45. The molecule has 0 aliphatic heterocycles. The number of hydrogen-bond acceptors (Lipinski definition) is 3. The molecule has 1 N–H and O–H groups in total. The van der Waals surface area contributed by atoms with Crippen molar-refractivity contribution in [3.8, 4) is 5.75 Å². The fourth-order valence-corrected chi connectivity index (χ4v) is 3.01. The second-order valence-electron chi connectivity index (χ2n) is 5.37. The highest BCUT2D eigenvalue weighted by Crippen LogP contribution is 2.29. The molecule has 24 heavy (non-hydrogen) atoms. The standard InChI is InChI=1S/C18H19F2NO2S/c1-11-8-9-14(10-12(11)2)24-13(3)17(22)21-15-6-4-5-7-16(15)23-18(19)20/h4-10,13,18H,1-3H3,(H,21,22)/t13-/m0/s1. The molecule has 0 aromatic heterocycles. The van der Waals surface area contributed by atoms with Gasteiger partial charge in [-0.3, -0.25) is 4.79 Å². The highest BCUT2D eigenvalue weighted by atomic mass is 32.2. The van der Waals surface area contributed by atoms with Crippen LogP contribution in [0.5, 0.6) is 5.75 Å². The Kier molecular flexibility index (Phi) is 6.20. The van der Waals surface area contributed by atoms with Gasteiger partial charge in [0.05, 0.1) is 10.9 Å². The molecule has 3 nitrogen and oxygen atoms in total. The minimum absolute atomic E-state index is 0.0516. The molecule has 2 aromatic rings. The first-order chi connectivity index (χ1) is 11.4. The van der Waals surface area contributed by atoms with Crippen molar-refractivity contribution in [2.24, 2.45) is 0 Å². The Hall–Kier alpha value is -2.08. The van der Waals surface area contributed by atoms with Crippen LogP contribution in [0.15, 0.2) is 47.4 Å². The van der Waals surface area contributed by atoms with E-state index < -0.39 is 6.61 Å². The average molecular weight is 351 g/mol. The first-order valence-corrected chi connectivity index (χ1v) is 8.33. The van der Waals surface area contributed by atoms with E-state index in [9.17, 15) is 13.6 Å². The molecule has 1 amide bonds. The minimum atomic E-state index is -2.94. The van der Waals surface area contributed by atoms with Crippen LogP contribution in [-0.2, 0) is 4.79 Å². The number of para-hydroxylation sites is 2. The van der Waals surface area contributed by atoms with Gasteiger partial charge in [0.1, 0.15) is 5.75 Å². The molecular formula is C18H19F2NO2S. The van der Waals surface area contributed by atoms with Crippen LogP contribution in [0.1, 0.15) is 18.1 Å². The third kappa shape index (κ3) is 4.96. The summed E-state index contributed by atoms with van der Waals surface area (Å²) in [5, 5.41) is 2.26. The number of carbonyl (C=O) groups is 1. The minimum Gasteiger partial charge on any atom is -0.433 e. The molecule has 0 unspecified atom stereocenters. The van der Waals surface area contributed by atoms with Gasteiger partial charge >= 0.3 is 6.61 Å². The first kappa shape index (κ1) is 18.3. The van der Waals surface area contributed by atoms with Gasteiger partial charge < -0.3 is 10.1 Å². The number of alkyl halides is 2. The average Bonchev–Trinajstić information content (AvgIpc) is 2.52. The molecule has 6 heteroatoms. The number of aryl methyl sites for hydroxylation is 2. The summed E-state index contributed by atoms with van der Waals surface area (Å²) in [6.45, 7) is 2.87. The molecule has 0 aliphatic rings. The number of hydrogen-bond donors (Lipinski definition) is 1. The topological polar surface area (TPSA) is 38.3 Å². The largest absolute Gasteiger partial charge is 0.433 e. The van der Waals surface area contributed by atoms with Crippen LogP contribution in [0.3, 0.4) is 0 Å². The summed E-state index contributed by atoms with van der Waals surface area (Å²) < 4.78 is 29.2. The van der Waals surface area contributed by atoms with Crippen LogP contribution >= 0.6 is 11.8 Å². The monoisotopic (exact) mass is 351 g/mol. The fraction of sp³-hybridized carbons (Fsp3) is 0.278. The van der Waals surface area contributed by atoms with Gasteiger partial charge in [-0.25, -0.2) is 0 Å². The Labute approximate surface area is 144 Å². The lowest BCUT2D eigenvalue weighted by Gasteiger charge is -2.15. The Balaban J connectivity index is 2.05. The second-order valence-corrected chi connectivity index (χ2v) is 6.78. The van der Waals surface area contributed by atoms with Crippen molar-refractivity contribution in [2.45, 2.75) is 37.5 Å². The molecule has 128 valence electrons. The van der Waals surface area contributed by atoms with Gasteiger partial charge in [0.2, 0.25) is 5.91 Å². The predicted octanol–water partition coefficient (Wildman–Crippen LogP) is 5.02. The molecule has 2 rings (SSSR count). The number of rotatable bonds is 6. The number of carbonyl (C=O) groups excluding carboxylic acids is 1. The van der Waals surface area contributed by atoms with E-state index in [1.54, 1.807) is 19.1 Å². The van der Waals surface area contributed by atoms with E-state index in [0.717, 1.165) is 10.5 Å².